The molecule has 0 aliphatic heterocycles. The van der Waals surface area contributed by atoms with Crippen LogP contribution in [0.2, 0.25) is 0 Å². The fraction of sp³-hybridized carbons (Fsp3) is 0.615. The molecule has 0 amide bonds. The monoisotopic (exact) mass is 264 g/mol. The van der Waals surface area contributed by atoms with Gasteiger partial charge in [0.1, 0.15) is 17.5 Å². The van der Waals surface area contributed by atoms with Crippen LogP contribution in [-0.2, 0) is 4.79 Å². The minimum atomic E-state index is -0.709. The lowest BCUT2D eigenvalue weighted by molar-refractivity contribution is -0.144. The van der Waals surface area contributed by atoms with E-state index in [0.717, 1.165) is 11.6 Å². The van der Waals surface area contributed by atoms with Gasteiger partial charge in [-0.05, 0) is 33.6 Å². The first-order chi connectivity index (χ1) is 8.94. The normalized spacial score (nSPS) is 21.9. The van der Waals surface area contributed by atoms with Gasteiger partial charge < -0.3 is 15.7 Å². The Morgan fingerprint density at radius 3 is 2.58 bits per heavy atom. The number of hydrogen-bond donors (Lipinski definition) is 3. The van der Waals surface area contributed by atoms with Gasteiger partial charge in [-0.25, -0.2) is 9.97 Å². The standard InChI is InChI=1S/C13H20N4O2/c1-7(2)14-11-6-12(16-8(3)15-11)17-10-4-9(5-10)13(18)19/h6-7,9-10H,4-5H2,1-3H3,(H,18,19)(H2,14,15,16,17). The van der Waals surface area contributed by atoms with Gasteiger partial charge in [0.25, 0.3) is 0 Å². The van der Waals surface area contributed by atoms with Crippen molar-refractivity contribution in [3.05, 3.63) is 11.9 Å². The van der Waals surface area contributed by atoms with E-state index in [0.29, 0.717) is 24.7 Å². The molecule has 0 radical (unpaired) electrons. The average Bonchev–Trinajstić information content (AvgIpc) is 2.20. The molecule has 0 aromatic carbocycles. The van der Waals surface area contributed by atoms with Crippen molar-refractivity contribution in [1.29, 1.82) is 0 Å². The van der Waals surface area contributed by atoms with Crippen molar-refractivity contribution in [1.82, 2.24) is 9.97 Å². The summed E-state index contributed by atoms with van der Waals surface area (Å²) >= 11 is 0. The summed E-state index contributed by atoms with van der Waals surface area (Å²) in [6, 6.07) is 2.37. The van der Waals surface area contributed by atoms with Crippen LogP contribution in [0.15, 0.2) is 6.07 Å². The first-order valence-corrected chi connectivity index (χ1v) is 6.55. The third-order valence-electron chi connectivity index (χ3n) is 3.11. The summed E-state index contributed by atoms with van der Waals surface area (Å²) in [7, 11) is 0. The average molecular weight is 264 g/mol. The number of rotatable bonds is 5. The number of hydrogen-bond acceptors (Lipinski definition) is 5. The van der Waals surface area contributed by atoms with Gasteiger partial charge in [-0.3, -0.25) is 4.79 Å². The highest BCUT2D eigenvalue weighted by Gasteiger charge is 2.34. The van der Waals surface area contributed by atoms with Gasteiger partial charge in [-0.2, -0.15) is 0 Å². The molecular formula is C13H20N4O2. The Labute approximate surface area is 112 Å². The Bertz CT molecular complexity index is 470. The second-order valence-electron chi connectivity index (χ2n) is 5.33. The molecule has 0 bridgehead atoms. The number of carboxylic acid groups (broad SMARTS) is 1. The Balaban J connectivity index is 1.97. The molecule has 1 saturated carbocycles. The summed E-state index contributed by atoms with van der Waals surface area (Å²) in [5.41, 5.74) is 0. The summed E-state index contributed by atoms with van der Waals surface area (Å²) < 4.78 is 0. The molecule has 0 unspecified atom stereocenters. The second kappa shape index (κ2) is 5.42. The lowest BCUT2D eigenvalue weighted by Crippen LogP contribution is -2.39. The molecule has 6 nitrogen and oxygen atoms in total. The fourth-order valence-corrected chi connectivity index (χ4v) is 2.16. The lowest BCUT2D eigenvalue weighted by atomic mass is 9.80. The highest BCUT2D eigenvalue weighted by molar-refractivity contribution is 5.71. The highest BCUT2D eigenvalue weighted by atomic mass is 16.4. The predicted octanol–water partition coefficient (Wildman–Crippen LogP) is 1.88. The van der Waals surface area contributed by atoms with Crippen LogP contribution in [0.25, 0.3) is 0 Å². The van der Waals surface area contributed by atoms with Crippen LogP contribution >= 0.6 is 0 Å². The first-order valence-electron chi connectivity index (χ1n) is 6.55. The molecule has 1 aromatic heterocycles. The van der Waals surface area contributed by atoms with E-state index in [1.807, 2.05) is 26.8 Å². The molecule has 1 aliphatic rings. The molecule has 1 heterocycles. The maximum atomic E-state index is 10.7. The van der Waals surface area contributed by atoms with Crippen molar-refractivity contribution in [3.8, 4) is 0 Å². The zero-order chi connectivity index (χ0) is 14.0. The molecule has 104 valence electrons. The molecule has 1 fully saturated rings. The van der Waals surface area contributed by atoms with E-state index in [-0.39, 0.29) is 12.0 Å². The van der Waals surface area contributed by atoms with Gasteiger partial charge in [0, 0.05) is 18.2 Å². The number of anilines is 2. The zero-order valence-electron chi connectivity index (χ0n) is 11.5. The van der Waals surface area contributed by atoms with E-state index in [1.165, 1.54) is 0 Å². The van der Waals surface area contributed by atoms with E-state index in [2.05, 4.69) is 20.6 Å². The van der Waals surface area contributed by atoms with Gasteiger partial charge in [-0.15, -0.1) is 0 Å². The van der Waals surface area contributed by atoms with Crippen LogP contribution in [0.3, 0.4) is 0 Å². The van der Waals surface area contributed by atoms with Crippen molar-refractivity contribution in [3.63, 3.8) is 0 Å². The molecule has 2 rings (SSSR count). The van der Waals surface area contributed by atoms with Crippen molar-refractivity contribution in [2.75, 3.05) is 10.6 Å². The second-order valence-corrected chi connectivity index (χ2v) is 5.33. The van der Waals surface area contributed by atoms with Gasteiger partial charge in [-0.1, -0.05) is 0 Å². The number of nitrogens with zero attached hydrogens (tertiary/aromatic N) is 2. The van der Waals surface area contributed by atoms with Crippen LogP contribution in [0.5, 0.6) is 0 Å². The quantitative estimate of drug-likeness (QED) is 0.752. The molecule has 0 atom stereocenters. The van der Waals surface area contributed by atoms with Crippen molar-refractivity contribution >= 4 is 17.6 Å². The Morgan fingerprint density at radius 1 is 1.37 bits per heavy atom. The predicted molar refractivity (Wildman–Crippen MR) is 73.3 cm³/mol. The minimum Gasteiger partial charge on any atom is -0.481 e. The number of carbonyl (C=O) groups is 1. The van der Waals surface area contributed by atoms with E-state index >= 15 is 0 Å². The molecule has 19 heavy (non-hydrogen) atoms. The summed E-state index contributed by atoms with van der Waals surface area (Å²) in [4.78, 5) is 19.4. The van der Waals surface area contributed by atoms with Crippen molar-refractivity contribution < 1.29 is 9.90 Å². The smallest absolute Gasteiger partial charge is 0.306 e. The van der Waals surface area contributed by atoms with E-state index in [9.17, 15) is 4.79 Å². The van der Waals surface area contributed by atoms with Crippen LogP contribution in [0.1, 0.15) is 32.5 Å². The minimum absolute atomic E-state index is 0.197. The Morgan fingerprint density at radius 2 is 2.00 bits per heavy atom. The van der Waals surface area contributed by atoms with Crippen LogP contribution in [0, 0.1) is 12.8 Å². The summed E-state index contributed by atoms with van der Waals surface area (Å²) in [5, 5.41) is 15.3. The molecule has 6 heteroatoms. The molecule has 3 N–H and O–H groups in total. The molecule has 0 spiro atoms. The van der Waals surface area contributed by atoms with Crippen LogP contribution in [0.4, 0.5) is 11.6 Å². The zero-order valence-corrected chi connectivity index (χ0v) is 11.5. The third-order valence-corrected chi connectivity index (χ3v) is 3.11. The number of carboxylic acids is 1. The number of nitrogens with one attached hydrogen (secondary N) is 2. The van der Waals surface area contributed by atoms with Crippen LogP contribution in [-0.4, -0.2) is 33.1 Å². The maximum absolute atomic E-state index is 10.7. The largest absolute Gasteiger partial charge is 0.481 e. The third kappa shape index (κ3) is 3.56. The maximum Gasteiger partial charge on any atom is 0.306 e. The highest BCUT2D eigenvalue weighted by Crippen LogP contribution is 2.30. The van der Waals surface area contributed by atoms with Crippen molar-refractivity contribution in [2.24, 2.45) is 5.92 Å². The fourth-order valence-electron chi connectivity index (χ4n) is 2.16. The van der Waals surface area contributed by atoms with E-state index in [4.69, 9.17) is 5.11 Å². The van der Waals surface area contributed by atoms with Gasteiger partial charge in [0.05, 0.1) is 5.92 Å². The summed E-state index contributed by atoms with van der Waals surface area (Å²) in [6.45, 7) is 5.94. The molecule has 1 aromatic rings. The Hall–Kier alpha value is -1.85. The summed E-state index contributed by atoms with van der Waals surface area (Å²) in [6.07, 6.45) is 1.32. The van der Waals surface area contributed by atoms with E-state index in [1.54, 1.807) is 0 Å². The molecular weight excluding hydrogens is 244 g/mol. The van der Waals surface area contributed by atoms with Crippen LogP contribution < -0.4 is 10.6 Å². The first kappa shape index (κ1) is 13.6. The summed E-state index contributed by atoms with van der Waals surface area (Å²) in [5.74, 6) is 1.32. The topological polar surface area (TPSA) is 87.1 Å². The number of aliphatic carboxylic acids is 1. The number of aromatic nitrogens is 2. The number of aryl methyl sites for hydroxylation is 1. The van der Waals surface area contributed by atoms with Gasteiger partial charge >= 0.3 is 5.97 Å². The molecule has 1 aliphatic carbocycles. The Kier molecular flexibility index (Phi) is 3.87. The van der Waals surface area contributed by atoms with Gasteiger partial charge in [0.2, 0.25) is 0 Å². The lowest BCUT2D eigenvalue weighted by Gasteiger charge is -2.33. The van der Waals surface area contributed by atoms with Crippen molar-refractivity contribution in [2.45, 2.75) is 45.7 Å². The SMILES string of the molecule is Cc1nc(NC(C)C)cc(NC2CC(C(=O)O)C2)n1. The molecule has 0 saturated heterocycles. The van der Waals surface area contributed by atoms with Gasteiger partial charge in [0.15, 0.2) is 0 Å². The van der Waals surface area contributed by atoms with E-state index < -0.39 is 5.97 Å².